The van der Waals surface area contributed by atoms with Gasteiger partial charge in [-0.1, -0.05) is 12.1 Å². The number of nitrogen functional groups attached to an aromatic ring is 1. The third-order valence-corrected chi connectivity index (χ3v) is 2.27. The molecule has 0 aliphatic carbocycles. The number of nitrogens with one attached hydrogen (secondary N) is 1. The van der Waals surface area contributed by atoms with E-state index >= 15 is 0 Å². The Kier molecular flexibility index (Phi) is 3.00. The summed E-state index contributed by atoms with van der Waals surface area (Å²) in [5.41, 5.74) is 6.58. The minimum atomic E-state index is 0.107. The van der Waals surface area contributed by atoms with Crippen LogP contribution in [0, 0.1) is 0 Å². The number of aromatic nitrogens is 2. The van der Waals surface area contributed by atoms with Crippen LogP contribution in [0.2, 0.25) is 0 Å². The summed E-state index contributed by atoms with van der Waals surface area (Å²) in [6.45, 7) is 2.03. The summed E-state index contributed by atoms with van der Waals surface area (Å²) in [7, 11) is 0. The molecule has 0 saturated heterocycles. The predicted molar refractivity (Wildman–Crippen MR) is 64.9 cm³/mol. The SMILES string of the molecule is CC(Nc1cccc(N)n1)c1ccccn1. The Labute approximate surface area is 94.5 Å². The Morgan fingerprint density at radius 2 is 2.06 bits per heavy atom. The van der Waals surface area contributed by atoms with Gasteiger partial charge < -0.3 is 11.1 Å². The molecule has 0 bridgehead atoms. The fraction of sp³-hybridized carbons (Fsp3) is 0.167. The maximum atomic E-state index is 5.61. The second kappa shape index (κ2) is 4.61. The Bertz CT molecular complexity index is 456. The van der Waals surface area contributed by atoms with Crippen molar-refractivity contribution in [3.63, 3.8) is 0 Å². The lowest BCUT2D eigenvalue weighted by Crippen LogP contribution is -2.09. The molecule has 2 aromatic heterocycles. The van der Waals surface area contributed by atoms with Gasteiger partial charge in [0.05, 0.1) is 11.7 Å². The number of nitrogens with zero attached hydrogens (tertiary/aromatic N) is 2. The van der Waals surface area contributed by atoms with E-state index in [9.17, 15) is 0 Å². The van der Waals surface area contributed by atoms with Crippen molar-refractivity contribution in [2.75, 3.05) is 11.1 Å². The van der Waals surface area contributed by atoms with Crippen molar-refractivity contribution in [3.8, 4) is 0 Å². The normalized spacial score (nSPS) is 12.1. The number of pyridine rings is 2. The monoisotopic (exact) mass is 214 g/mol. The lowest BCUT2D eigenvalue weighted by atomic mass is 10.2. The smallest absolute Gasteiger partial charge is 0.128 e. The van der Waals surface area contributed by atoms with Crippen molar-refractivity contribution >= 4 is 11.6 Å². The van der Waals surface area contributed by atoms with Crippen LogP contribution in [0.15, 0.2) is 42.6 Å². The zero-order chi connectivity index (χ0) is 11.4. The summed E-state index contributed by atoms with van der Waals surface area (Å²) in [6.07, 6.45) is 1.78. The van der Waals surface area contributed by atoms with Gasteiger partial charge in [-0.15, -0.1) is 0 Å². The third-order valence-electron chi connectivity index (χ3n) is 2.27. The average molecular weight is 214 g/mol. The highest BCUT2D eigenvalue weighted by molar-refractivity contribution is 5.43. The fourth-order valence-corrected chi connectivity index (χ4v) is 1.46. The van der Waals surface area contributed by atoms with Crippen LogP contribution in [-0.4, -0.2) is 9.97 Å². The van der Waals surface area contributed by atoms with Crippen molar-refractivity contribution < 1.29 is 0 Å². The number of rotatable bonds is 3. The van der Waals surface area contributed by atoms with Crippen LogP contribution in [0.1, 0.15) is 18.7 Å². The number of hydrogen-bond donors (Lipinski definition) is 2. The third kappa shape index (κ3) is 2.48. The van der Waals surface area contributed by atoms with E-state index in [1.807, 2.05) is 37.3 Å². The summed E-state index contributed by atoms with van der Waals surface area (Å²) in [5.74, 6) is 1.27. The van der Waals surface area contributed by atoms with Crippen molar-refractivity contribution in [2.24, 2.45) is 0 Å². The Morgan fingerprint density at radius 3 is 2.75 bits per heavy atom. The molecule has 0 fully saturated rings. The van der Waals surface area contributed by atoms with Crippen LogP contribution in [-0.2, 0) is 0 Å². The number of anilines is 2. The predicted octanol–water partition coefficient (Wildman–Crippen LogP) is 2.23. The molecule has 0 saturated carbocycles. The van der Waals surface area contributed by atoms with Gasteiger partial charge in [0, 0.05) is 6.20 Å². The zero-order valence-corrected chi connectivity index (χ0v) is 9.09. The van der Waals surface area contributed by atoms with E-state index in [2.05, 4.69) is 15.3 Å². The molecular formula is C12H14N4. The first-order valence-electron chi connectivity index (χ1n) is 5.16. The molecular weight excluding hydrogens is 200 g/mol. The van der Waals surface area contributed by atoms with E-state index in [0.717, 1.165) is 11.5 Å². The summed E-state index contributed by atoms with van der Waals surface area (Å²) < 4.78 is 0. The van der Waals surface area contributed by atoms with E-state index in [1.54, 1.807) is 12.3 Å². The first-order chi connectivity index (χ1) is 7.75. The van der Waals surface area contributed by atoms with Gasteiger partial charge >= 0.3 is 0 Å². The molecule has 1 unspecified atom stereocenters. The molecule has 2 rings (SSSR count). The molecule has 0 aromatic carbocycles. The lowest BCUT2D eigenvalue weighted by Gasteiger charge is -2.13. The van der Waals surface area contributed by atoms with Crippen molar-refractivity contribution in [1.82, 2.24) is 9.97 Å². The fourth-order valence-electron chi connectivity index (χ4n) is 1.46. The lowest BCUT2D eigenvalue weighted by molar-refractivity contribution is 0.832. The minimum absolute atomic E-state index is 0.107. The molecule has 0 aliphatic heterocycles. The Morgan fingerprint density at radius 1 is 1.19 bits per heavy atom. The van der Waals surface area contributed by atoms with Crippen LogP contribution in [0.3, 0.4) is 0 Å². The van der Waals surface area contributed by atoms with Gasteiger partial charge in [0.25, 0.3) is 0 Å². The zero-order valence-electron chi connectivity index (χ0n) is 9.09. The van der Waals surface area contributed by atoms with Gasteiger partial charge in [-0.05, 0) is 31.2 Å². The highest BCUT2D eigenvalue weighted by Gasteiger charge is 2.06. The number of hydrogen-bond acceptors (Lipinski definition) is 4. The summed E-state index contributed by atoms with van der Waals surface area (Å²) in [6, 6.07) is 11.5. The second-order valence-electron chi connectivity index (χ2n) is 3.57. The molecule has 2 aromatic rings. The molecule has 82 valence electrons. The molecule has 0 aliphatic rings. The molecule has 0 radical (unpaired) electrons. The van der Waals surface area contributed by atoms with E-state index < -0.39 is 0 Å². The van der Waals surface area contributed by atoms with Crippen LogP contribution >= 0.6 is 0 Å². The topological polar surface area (TPSA) is 63.8 Å². The van der Waals surface area contributed by atoms with E-state index in [1.165, 1.54) is 0 Å². The van der Waals surface area contributed by atoms with Gasteiger partial charge in [0.15, 0.2) is 0 Å². The van der Waals surface area contributed by atoms with E-state index in [-0.39, 0.29) is 6.04 Å². The maximum absolute atomic E-state index is 5.61. The van der Waals surface area contributed by atoms with Crippen molar-refractivity contribution in [2.45, 2.75) is 13.0 Å². The van der Waals surface area contributed by atoms with Crippen LogP contribution < -0.4 is 11.1 Å². The molecule has 3 N–H and O–H groups in total. The molecule has 0 spiro atoms. The maximum Gasteiger partial charge on any atom is 0.128 e. The first kappa shape index (κ1) is 10.4. The van der Waals surface area contributed by atoms with Gasteiger partial charge in [0.1, 0.15) is 11.6 Å². The number of nitrogens with two attached hydrogens (primary N) is 1. The van der Waals surface area contributed by atoms with E-state index in [0.29, 0.717) is 5.82 Å². The van der Waals surface area contributed by atoms with Gasteiger partial charge in [-0.2, -0.15) is 0 Å². The molecule has 2 heterocycles. The van der Waals surface area contributed by atoms with Crippen molar-refractivity contribution in [3.05, 3.63) is 48.3 Å². The molecule has 1 atom stereocenters. The van der Waals surface area contributed by atoms with Gasteiger partial charge in [0.2, 0.25) is 0 Å². The second-order valence-corrected chi connectivity index (χ2v) is 3.57. The van der Waals surface area contributed by atoms with Gasteiger partial charge in [-0.3, -0.25) is 4.98 Å². The van der Waals surface area contributed by atoms with Crippen LogP contribution in [0.5, 0.6) is 0 Å². The van der Waals surface area contributed by atoms with Crippen molar-refractivity contribution in [1.29, 1.82) is 0 Å². The highest BCUT2D eigenvalue weighted by atomic mass is 15.0. The quantitative estimate of drug-likeness (QED) is 0.822. The Balaban J connectivity index is 2.11. The highest BCUT2D eigenvalue weighted by Crippen LogP contribution is 2.15. The molecule has 16 heavy (non-hydrogen) atoms. The summed E-state index contributed by atoms with van der Waals surface area (Å²) in [5, 5.41) is 3.25. The Hall–Kier alpha value is -2.10. The standard InChI is InChI=1S/C12H14N4/c1-9(10-5-2-3-8-14-10)15-12-7-4-6-11(13)16-12/h2-9H,1H3,(H3,13,15,16). The molecule has 4 heteroatoms. The minimum Gasteiger partial charge on any atom is -0.384 e. The first-order valence-corrected chi connectivity index (χ1v) is 5.16. The average Bonchev–Trinajstić information content (AvgIpc) is 2.30. The molecule has 4 nitrogen and oxygen atoms in total. The largest absolute Gasteiger partial charge is 0.384 e. The van der Waals surface area contributed by atoms with Gasteiger partial charge in [-0.25, -0.2) is 4.98 Å². The summed E-state index contributed by atoms with van der Waals surface area (Å²) >= 11 is 0. The summed E-state index contributed by atoms with van der Waals surface area (Å²) in [4.78, 5) is 8.45. The van der Waals surface area contributed by atoms with E-state index in [4.69, 9.17) is 5.73 Å². The van der Waals surface area contributed by atoms with Crippen LogP contribution in [0.25, 0.3) is 0 Å². The van der Waals surface area contributed by atoms with Crippen LogP contribution in [0.4, 0.5) is 11.6 Å². The molecule has 0 amide bonds.